The molecule has 1 amide bonds. The molecule has 0 aliphatic heterocycles. The van der Waals surface area contributed by atoms with Crippen molar-refractivity contribution in [2.75, 3.05) is 6.61 Å². The molecule has 2 rings (SSSR count). The van der Waals surface area contributed by atoms with Crippen LogP contribution in [-0.2, 0) is 0 Å². The van der Waals surface area contributed by atoms with Crippen LogP contribution in [-0.4, -0.2) is 22.7 Å². The Morgan fingerprint density at radius 3 is 2.55 bits per heavy atom. The topological polar surface area (TPSA) is 69.6 Å². The smallest absolute Gasteiger partial charge is 0.255 e. The highest BCUT2D eigenvalue weighted by Crippen LogP contribution is 2.19. The number of rotatable bonds is 4. The molecule has 20 heavy (non-hydrogen) atoms. The van der Waals surface area contributed by atoms with Crippen molar-refractivity contribution in [2.24, 2.45) is 0 Å². The number of carbonyl (C=O) groups excluding carboxylic acids is 1. The normalized spacial score (nSPS) is 11.9. The molecule has 2 aromatic carbocycles. The number of halogens is 1. The van der Waals surface area contributed by atoms with E-state index in [2.05, 4.69) is 5.32 Å². The summed E-state index contributed by atoms with van der Waals surface area (Å²) in [6, 6.07) is 11.4. The summed E-state index contributed by atoms with van der Waals surface area (Å²) in [5.74, 6) is -1.58. The molecular formula is C15H14FNO3. The fraction of sp³-hybridized carbons (Fsp3) is 0.133. The van der Waals surface area contributed by atoms with Crippen LogP contribution < -0.4 is 5.32 Å². The van der Waals surface area contributed by atoms with Crippen LogP contribution in [0.15, 0.2) is 48.5 Å². The maximum atomic E-state index is 13.1. The highest BCUT2D eigenvalue weighted by atomic mass is 19.1. The largest absolute Gasteiger partial charge is 0.507 e. The molecule has 0 aliphatic rings. The number of aromatic hydroxyl groups is 1. The summed E-state index contributed by atoms with van der Waals surface area (Å²) >= 11 is 0. The fourth-order valence-corrected chi connectivity index (χ4v) is 1.85. The van der Waals surface area contributed by atoms with Gasteiger partial charge in [-0.3, -0.25) is 4.79 Å². The first kappa shape index (κ1) is 14.0. The lowest BCUT2D eigenvalue weighted by Crippen LogP contribution is -2.30. The molecule has 0 heterocycles. The number of phenolic OH excluding ortho intramolecular Hbond substituents is 1. The molecule has 0 aliphatic carbocycles. The van der Waals surface area contributed by atoms with Crippen LogP contribution in [0.3, 0.4) is 0 Å². The van der Waals surface area contributed by atoms with Gasteiger partial charge in [0.15, 0.2) is 0 Å². The van der Waals surface area contributed by atoms with Crippen molar-refractivity contribution in [1.29, 1.82) is 0 Å². The minimum Gasteiger partial charge on any atom is -0.507 e. The van der Waals surface area contributed by atoms with Crippen molar-refractivity contribution in [3.63, 3.8) is 0 Å². The number of hydrogen-bond acceptors (Lipinski definition) is 3. The molecule has 0 bridgehead atoms. The van der Waals surface area contributed by atoms with Gasteiger partial charge in [-0.05, 0) is 23.8 Å². The van der Waals surface area contributed by atoms with Crippen LogP contribution in [0, 0.1) is 5.82 Å². The van der Waals surface area contributed by atoms with Gasteiger partial charge in [0, 0.05) is 0 Å². The van der Waals surface area contributed by atoms with E-state index in [1.165, 1.54) is 0 Å². The Hall–Kier alpha value is -2.40. The zero-order valence-corrected chi connectivity index (χ0v) is 10.6. The average molecular weight is 275 g/mol. The number of aliphatic hydroxyl groups excluding tert-OH is 1. The number of aliphatic hydroxyl groups is 1. The van der Waals surface area contributed by atoms with E-state index >= 15 is 0 Å². The summed E-state index contributed by atoms with van der Waals surface area (Å²) in [7, 11) is 0. The van der Waals surface area contributed by atoms with Gasteiger partial charge in [-0.1, -0.05) is 30.3 Å². The molecule has 3 N–H and O–H groups in total. The van der Waals surface area contributed by atoms with Crippen LogP contribution in [0.5, 0.6) is 5.75 Å². The van der Waals surface area contributed by atoms with Gasteiger partial charge in [-0.15, -0.1) is 0 Å². The van der Waals surface area contributed by atoms with Crippen LogP contribution in [0.2, 0.25) is 0 Å². The monoisotopic (exact) mass is 275 g/mol. The number of nitrogens with one attached hydrogen (secondary N) is 1. The molecule has 0 radical (unpaired) electrons. The van der Waals surface area contributed by atoms with Gasteiger partial charge in [-0.25, -0.2) is 4.39 Å². The Kier molecular flexibility index (Phi) is 4.32. The third-order valence-corrected chi connectivity index (χ3v) is 2.89. The lowest BCUT2D eigenvalue weighted by atomic mass is 10.1. The van der Waals surface area contributed by atoms with Crippen LogP contribution in [0.4, 0.5) is 4.39 Å². The lowest BCUT2D eigenvalue weighted by molar-refractivity contribution is 0.0913. The van der Waals surface area contributed by atoms with Gasteiger partial charge >= 0.3 is 0 Å². The Bertz CT molecular complexity index is 601. The first-order valence-electron chi connectivity index (χ1n) is 6.07. The number of hydrogen-bond donors (Lipinski definition) is 3. The summed E-state index contributed by atoms with van der Waals surface area (Å²) in [4.78, 5) is 12.0. The van der Waals surface area contributed by atoms with Crippen molar-refractivity contribution in [3.8, 4) is 5.75 Å². The molecule has 0 spiro atoms. The van der Waals surface area contributed by atoms with Crippen molar-refractivity contribution in [3.05, 3.63) is 65.5 Å². The van der Waals surface area contributed by atoms with Crippen LogP contribution in [0.25, 0.3) is 0 Å². The van der Waals surface area contributed by atoms with Gasteiger partial charge in [-0.2, -0.15) is 0 Å². The maximum Gasteiger partial charge on any atom is 0.255 e. The van der Waals surface area contributed by atoms with E-state index in [9.17, 15) is 19.4 Å². The van der Waals surface area contributed by atoms with E-state index in [1.54, 1.807) is 24.3 Å². The molecule has 0 aromatic heterocycles. The van der Waals surface area contributed by atoms with E-state index in [1.807, 2.05) is 6.07 Å². The predicted molar refractivity (Wildman–Crippen MR) is 71.8 cm³/mol. The molecule has 0 fully saturated rings. The second-order valence-electron chi connectivity index (χ2n) is 4.28. The van der Waals surface area contributed by atoms with Crippen molar-refractivity contribution >= 4 is 5.91 Å². The van der Waals surface area contributed by atoms with Crippen molar-refractivity contribution < 1.29 is 19.4 Å². The fourth-order valence-electron chi connectivity index (χ4n) is 1.85. The maximum absolute atomic E-state index is 13.1. The Morgan fingerprint density at radius 1 is 1.20 bits per heavy atom. The first-order valence-corrected chi connectivity index (χ1v) is 6.07. The molecule has 2 aromatic rings. The van der Waals surface area contributed by atoms with Gasteiger partial charge in [0.25, 0.3) is 5.91 Å². The zero-order chi connectivity index (χ0) is 14.5. The molecule has 0 unspecified atom stereocenters. The molecule has 0 saturated carbocycles. The minimum absolute atomic E-state index is 0.167. The number of benzene rings is 2. The standard InChI is InChI=1S/C15H14FNO3/c16-11-6-7-14(19)12(8-11)15(20)17-13(9-18)10-4-2-1-3-5-10/h1-8,13,18-19H,9H2,(H,17,20)/t13-/m1/s1. The number of amides is 1. The summed E-state index contributed by atoms with van der Waals surface area (Å²) in [6.45, 7) is -0.300. The van der Waals surface area contributed by atoms with E-state index in [4.69, 9.17) is 0 Å². The highest BCUT2D eigenvalue weighted by Gasteiger charge is 2.17. The molecule has 104 valence electrons. The number of phenols is 1. The quantitative estimate of drug-likeness (QED) is 0.799. The number of carbonyl (C=O) groups is 1. The average Bonchev–Trinajstić information content (AvgIpc) is 2.48. The SMILES string of the molecule is O=C(N[C@H](CO)c1ccccc1)c1cc(F)ccc1O. The van der Waals surface area contributed by atoms with Gasteiger partial charge in [0.1, 0.15) is 11.6 Å². The second kappa shape index (κ2) is 6.16. The summed E-state index contributed by atoms with van der Waals surface area (Å²) in [5.41, 5.74) is 0.554. The van der Waals surface area contributed by atoms with Crippen molar-refractivity contribution in [2.45, 2.75) is 6.04 Å². The van der Waals surface area contributed by atoms with Crippen LogP contribution >= 0.6 is 0 Å². The van der Waals surface area contributed by atoms with E-state index in [0.717, 1.165) is 23.8 Å². The third kappa shape index (κ3) is 3.13. The third-order valence-electron chi connectivity index (χ3n) is 2.89. The predicted octanol–water partition coefficient (Wildman–Crippen LogP) is 1.99. The van der Waals surface area contributed by atoms with E-state index < -0.39 is 17.8 Å². The zero-order valence-electron chi connectivity index (χ0n) is 10.6. The molecule has 4 nitrogen and oxygen atoms in total. The molecular weight excluding hydrogens is 261 g/mol. The summed E-state index contributed by atoms with van der Waals surface area (Å²) in [6.07, 6.45) is 0. The van der Waals surface area contributed by atoms with Gasteiger partial charge < -0.3 is 15.5 Å². The van der Waals surface area contributed by atoms with Gasteiger partial charge in [0.05, 0.1) is 18.2 Å². The Morgan fingerprint density at radius 2 is 1.90 bits per heavy atom. The summed E-state index contributed by atoms with van der Waals surface area (Å²) in [5, 5.41) is 21.5. The van der Waals surface area contributed by atoms with E-state index in [-0.39, 0.29) is 17.9 Å². The van der Waals surface area contributed by atoms with E-state index in [0.29, 0.717) is 0 Å². The summed E-state index contributed by atoms with van der Waals surface area (Å²) < 4.78 is 13.1. The second-order valence-corrected chi connectivity index (χ2v) is 4.28. The highest BCUT2D eigenvalue weighted by molar-refractivity contribution is 5.97. The minimum atomic E-state index is -0.648. The molecule has 1 atom stereocenters. The van der Waals surface area contributed by atoms with Crippen LogP contribution in [0.1, 0.15) is 22.0 Å². The van der Waals surface area contributed by atoms with Crippen molar-refractivity contribution in [1.82, 2.24) is 5.32 Å². The van der Waals surface area contributed by atoms with Gasteiger partial charge in [0.2, 0.25) is 0 Å². The molecule has 5 heteroatoms. The molecule has 0 saturated heterocycles. The Balaban J connectivity index is 2.20. The Labute approximate surface area is 115 Å². The first-order chi connectivity index (χ1) is 9.61. The lowest BCUT2D eigenvalue weighted by Gasteiger charge is -2.17.